The summed E-state index contributed by atoms with van der Waals surface area (Å²) in [5.41, 5.74) is 0. The molecule has 1 atom stereocenters. The highest BCUT2D eigenvalue weighted by Crippen LogP contribution is 1.87. The van der Waals surface area contributed by atoms with Gasteiger partial charge in [0.25, 0.3) is 0 Å². The van der Waals surface area contributed by atoms with E-state index in [1.54, 1.807) is 0 Å². The highest BCUT2D eigenvalue weighted by Gasteiger charge is 2.07. The second-order valence-electron chi connectivity index (χ2n) is 2.66. The van der Waals surface area contributed by atoms with Crippen molar-refractivity contribution in [2.24, 2.45) is 0 Å². The second-order valence-corrected chi connectivity index (χ2v) is 2.66. The van der Waals surface area contributed by atoms with Crippen LogP contribution < -0.4 is 10.6 Å². The average molecular weight is 184 g/mol. The lowest BCUT2D eigenvalue weighted by Crippen LogP contribution is -2.41. The van der Waals surface area contributed by atoms with Gasteiger partial charge in [0.05, 0.1) is 25.7 Å². The molecule has 0 unspecified atom stereocenters. The first kappa shape index (κ1) is 11.9. The van der Waals surface area contributed by atoms with Crippen molar-refractivity contribution < 1.29 is 9.90 Å². The molecule has 0 aliphatic carbocycles. The predicted octanol–water partition coefficient (Wildman–Crippen LogP) is -0.904. The minimum atomic E-state index is -0.153. The molecule has 3 N–H and O–H groups in total. The highest BCUT2D eigenvalue weighted by atomic mass is 16.3. The number of nitrogens with one attached hydrogen (secondary N) is 2. The van der Waals surface area contributed by atoms with Crippen molar-refractivity contribution in [1.82, 2.24) is 10.6 Å². The number of amides is 1. The van der Waals surface area contributed by atoms with Crippen LogP contribution in [0.25, 0.3) is 0 Å². The normalized spacial score (nSPS) is 11.8. The molecule has 0 saturated carbocycles. The summed E-state index contributed by atoms with van der Waals surface area (Å²) in [4.78, 5) is 11.1. The molecular weight excluding hydrogens is 168 g/mol. The first-order valence-electron chi connectivity index (χ1n) is 4.29. The first-order valence-corrected chi connectivity index (χ1v) is 4.29. The van der Waals surface area contributed by atoms with Gasteiger partial charge in [0, 0.05) is 0 Å². The summed E-state index contributed by atoms with van der Waals surface area (Å²) >= 11 is 0. The summed E-state index contributed by atoms with van der Waals surface area (Å²) in [6.45, 7) is 2.44. The minimum absolute atomic E-state index is 0.0304. The summed E-state index contributed by atoms with van der Waals surface area (Å²) in [5.74, 6) is 2.22. The lowest BCUT2D eigenvalue weighted by atomic mass is 10.2. The Kier molecular flexibility index (Phi) is 6.98. The minimum Gasteiger partial charge on any atom is -0.394 e. The maximum absolute atomic E-state index is 11.1. The highest BCUT2D eigenvalue weighted by molar-refractivity contribution is 5.78. The maximum Gasteiger partial charge on any atom is 0.234 e. The van der Waals surface area contributed by atoms with Gasteiger partial charge in [0.15, 0.2) is 0 Å². The van der Waals surface area contributed by atoms with Crippen molar-refractivity contribution in [2.75, 3.05) is 19.7 Å². The molecule has 0 bridgehead atoms. The molecule has 0 aromatic heterocycles. The Morgan fingerprint density at radius 3 is 2.85 bits per heavy atom. The summed E-state index contributed by atoms with van der Waals surface area (Å²) in [5, 5.41) is 14.2. The zero-order valence-corrected chi connectivity index (χ0v) is 7.84. The van der Waals surface area contributed by atoms with Crippen molar-refractivity contribution in [3.8, 4) is 12.3 Å². The zero-order chi connectivity index (χ0) is 10.1. The Balaban J connectivity index is 3.55. The molecule has 0 aliphatic rings. The van der Waals surface area contributed by atoms with Crippen LogP contribution in [-0.2, 0) is 4.79 Å². The van der Waals surface area contributed by atoms with E-state index in [1.165, 1.54) is 0 Å². The fourth-order valence-electron chi connectivity index (χ4n) is 0.804. The van der Waals surface area contributed by atoms with E-state index < -0.39 is 0 Å². The monoisotopic (exact) mass is 184 g/mol. The molecule has 0 fully saturated rings. The van der Waals surface area contributed by atoms with Gasteiger partial charge in [-0.05, 0) is 6.42 Å². The molecular formula is C9H16N2O2. The van der Waals surface area contributed by atoms with Crippen LogP contribution in [0.3, 0.4) is 0 Å². The van der Waals surface area contributed by atoms with E-state index in [1.807, 2.05) is 6.92 Å². The van der Waals surface area contributed by atoms with Gasteiger partial charge in [-0.25, -0.2) is 0 Å². The van der Waals surface area contributed by atoms with Crippen molar-refractivity contribution in [3.63, 3.8) is 0 Å². The van der Waals surface area contributed by atoms with Crippen LogP contribution in [-0.4, -0.2) is 36.8 Å². The summed E-state index contributed by atoms with van der Waals surface area (Å²) in [7, 11) is 0. The van der Waals surface area contributed by atoms with Crippen molar-refractivity contribution in [1.29, 1.82) is 0 Å². The number of carbonyl (C=O) groups excluding carboxylic acids is 1. The average Bonchev–Trinajstić information content (AvgIpc) is 2.14. The Bertz CT molecular complexity index is 183. The van der Waals surface area contributed by atoms with E-state index in [9.17, 15) is 4.79 Å². The second kappa shape index (κ2) is 7.59. The quantitative estimate of drug-likeness (QED) is 0.370. The van der Waals surface area contributed by atoms with E-state index in [0.717, 1.165) is 6.42 Å². The van der Waals surface area contributed by atoms with Gasteiger partial charge in [-0.3, -0.25) is 10.1 Å². The van der Waals surface area contributed by atoms with Gasteiger partial charge in [-0.1, -0.05) is 12.8 Å². The summed E-state index contributed by atoms with van der Waals surface area (Å²) in [6, 6.07) is -0.153. The number of hydrogen-bond donors (Lipinski definition) is 3. The van der Waals surface area contributed by atoms with E-state index in [-0.39, 0.29) is 25.1 Å². The standard InChI is InChI=1S/C9H16N2O2/c1-3-5-10-6-9(13)11-8(4-2)7-12/h1,8,10,12H,4-7H2,2H3,(H,11,13)/t8-/m1/s1. The van der Waals surface area contributed by atoms with Crippen molar-refractivity contribution >= 4 is 5.91 Å². The molecule has 4 nitrogen and oxygen atoms in total. The Labute approximate surface area is 78.7 Å². The molecule has 0 saturated heterocycles. The van der Waals surface area contributed by atoms with E-state index >= 15 is 0 Å². The van der Waals surface area contributed by atoms with Gasteiger partial charge in [0.2, 0.25) is 5.91 Å². The Hall–Kier alpha value is -1.05. The maximum atomic E-state index is 11.1. The van der Waals surface area contributed by atoms with Crippen LogP contribution in [0.2, 0.25) is 0 Å². The smallest absolute Gasteiger partial charge is 0.234 e. The van der Waals surface area contributed by atoms with Gasteiger partial charge < -0.3 is 10.4 Å². The summed E-state index contributed by atoms with van der Waals surface area (Å²) < 4.78 is 0. The molecule has 0 aliphatic heterocycles. The van der Waals surface area contributed by atoms with Gasteiger partial charge in [-0.15, -0.1) is 6.42 Å². The predicted molar refractivity (Wildman–Crippen MR) is 51.0 cm³/mol. The third-order valence-corrected chi connectivity index (χ3v) is 1.59. The number of carbonyl (C=O) groups is 1. The number of rotatable bonds is 6. The first-order chi connectivity index (χ1) is 6.24. The molecule has 13 heavy (non-hydrogen) atoms. The van der Waals surface area contributed by atoms with Crippen LogP contribution in [0.1, 0.15) is 13.3 Å². The van der Waals surface area contributed by atoms with Crippen LogP contribution in [0.4, 0.5) is 0 Å². The van der Waals surface area contributed by atoms with Crippen molar-refractivity contribution in [2.45, 2.75) is 19.4 Å². The number of aliphatic hydroxyl groups excluding tert-OH is 1. The third-order valence-electron chi connectivity index (χ3n) is 1.59. The lowest BCUT2D eigenvalue weighted by molar-refractivity contribution is -0.121. The fraction of sp³-hybridized carbons (Fsp3) is 0.667. The number of hydrogen-bond acceptors (Lipinski definition) is 3. The van der Waals surface area contributed by atoms with Gasteiger partial charge in [0.1, 0.15) is 0 Å². The number of terminal acetylenes is 1. The van der Waals surface area contributed by atoms with E-state index in [2.05, 4.69) is 16.6 Å². The molecule has 1 amide bonds. The van der Waals surface area contributed by atoms with Crippen LogP contribution in [0.5, 0.6) is 0 Å². The fourth-order valence-corrected chi connectivity index (χ4v) is 0.804. The Morgan fingerprint density at radius 1 is 1.69 bits per heavy atom. The molecule has 0 spiro atoms. The molecule has 4 heteroatoms. The third kappa shape index (κ3) is 6.14. The molecule has 0 rings (SSSR count). The van der Waals surface area contributed by atoms with Crippen LogP contribution >= 0.6 is 0 Å². The van der Waals surface area contributed by atoms with Crippen LogP contribution in [0.15, 0.2) is 0 Å². The number of aliphatic hydroxyl groups is 1. The zero-order valence-electron chi connectivity index (χ0n) is 7.84. The van der Waals surface area contributed by atoms with E-state index in [0.29, 0.717) is 6.54 Å². The van der Waals surface area contributed by atoms with Crippen LogP contribution in [0, 0.1) is 12.3 Å². The van der Waals surface area contributed by atoms with Gasteiger partial charge >= 0.3 is 0 Å². The van der Waals surface area contributed by atoms with Gasteiger partial charge in [-0.2, -0.15) is 0 Å². The largest absolute Gasteiger partial charge is 0.394 e. The molecule has 0 aromatic rings. The topological polar surface area (TPSA) is 61.4 Å². The SMILES string of the molecule is C#CCNCC(=O)N[C@H](CC)CO. The molecule has 74 valence electrons. The Morgan fingerprint density at radius 2 is 2.38 bits per heavy atom. The molecule has 0 radical (unpaired) electrons. The molecule has 0 aromatic carbocycles. The lowest BCUT2D eigenvalue weighted by Gasteiger charge is -2.13. The molecule has 0 heterocycles. The van der Waals surface area contributed by atoms with Crippen molar-refractivity contribution in [3.05, 3.63) is 0 Å². The van der Waals surface area contributed by atoms with E-state index in [4.69, 9.17) is 11.5 Å². The summed E-state index contributed by atoms with van der Waals surface area (Å²) in [6.07, 6.45) is 5.70.